The van der Waals surface area contributed by atoms with Gasteiger partial charge in [-0.25, -0.2) is 9.52 Å². The standard InChI is InChI=1S/C12H19N3O4S/c1-3-13-9-10-6-5-7-11(8-10)14-20(17,18)15-12(16)19-4-2/h5-8,13-14H,3-4,9H2,1-2H3,(H,15,16). The third-order valence-electron chi connectivity index (χ3n) is 2.25. The van der Waals surface area contributed by atoms with Crippen molar-refractivity contribution in [2.45, 2.75) is 20.4 Å². The summed E-state index contributed by atoms with van der Waals surface area (Å²) < 4.78 is 31.9. The van der Waals surface area contributed by atoms with Crippen molar-refractivity contribution in [2.24, 2.45) is 0 Å². The van der Waals surface area contributed by atoms with E-state index >= 15 is 0 Å². The number of hydrogen-bond acceptors (Lipinski definition) is 5. The van der Waals surface area contributed by atoms with Crippen LogP contribution >= 0.6 is 0 Å². The van der Waals surface area contributed by atoms with Crippen LogP contribution in [0.4, 0.5) is 10.5 Å². The normalized spacial score (nSPS) is 10.9. The highest BCUT2D eigenvalue weighted by Gasteiger charge is 2.14. The molecule has 112 valence electrons. The van der Waals surface area contributed by atoms with Gasteiger partial charge in [0.1, 0.15) is 0 Å². The molecule has 0 saturated heterocycles. The summed E-state index contributed by atoms with van der Waals surface area (Å²) in [6.45, 7) is 5.12. The van der Waals surface area contributed by atoms with Gasteiger partial charge in [0.2, 0.25) is 0 Å². The van der Waals surface area contributed by atoms with E-state index in [0.29, 0.717) is 12.2 Å². The van der Waals surface area contributed by atoms with Crippen LogP contribution in [0.2, 0.25) is 0 Å². The predicted octanol–water partition coefficient (Wildman–Crippen LogP) is 1.20. The van der Waals surface area contributed by atoms with Gasteiger partial charge >= 0.3 is 16.3 Å². The van der Waals surface area contributed by atoms with E-state index in [2.05, 4.69) is 14.8 Å². The van der Waals surface area contributed by atoms with Crippen molar-refractivity contribution < 1.29 is 17.9 Å². The van der Waals surface area contributed by atoms with Crippen molar-refractivity contribution in [2.75, 3.05) is 17.9 Å². The molecule has 0 bridgehead atoms. The lowest BCUT2D eigenvalue weighted by atomic mass is 10.2. The van der Waals surface area contributed by atoms with Crippen LogP contribution in [-0.4, -0.2) is 27.7 Å². The van der Waals surface area contributed by atoms with Gasteiger partial charge in [0.05, 0.1) is 12.3 Å². The van der Waals surface area contributed by atoms with Gasteiger partial charge in [0, 0.05) is 6.54 Å². The first kappa shape index (κ1) is 16.3. The molecule has 0 spiro atoms. The zero-order chi connectivity index (χ0) is 15.0. The van der Waals surface area contributed by atoms with Gasteiger partial charge in [-0.05, 0) is 31.2 Å². The SMILES string of the molecule is CCNCc1cccc(NS(=O)(=O)NC(=O)OCC)c1. The van der Waals surface area contributed by atoms with Crippen LogP contribution in [-0.2, 0) is 21.5 Å². The second kappa shape index (κ2) is 7.71. The molecule has 0 saturated carbocycles. The number of ether oxygens (including phenoxy) is 1. The van der Waals surface area contributed by atoms with E-state index < -0.39 is 16.3 Å². The Morgan fingerprint density at radius 2 is 2.05 bits per heavy atom. The zero-order valence-electron chi connectivity index (χ0n) is 11.5. The molecule has 7 nitrogen and oxygen atoms in total. The zero-order valence-corrected chi connectivity index (χ0v) is 12.3. The van der Waals surface area contributed by atoms with Crippen molar-refractivity contribution in [1.82, 2.24) is 10.0 Å². The molecule has 0 aliphatic carbocycles. The van der Waals surface area contributed by atoms with Gasteiger partial charge in [-0.1, -0.05) is 19.1 Å². The van der Waals surface area contributed by atoms with Gasteiger partial charge in [-0.2, -0.15) is 8.42 Å². The number of carbonyl (C=O) groups is 1. The molecule has 0 atom stereocenters. The molecule has 0 fully saturated rings. The minimum Gasteiger partial charge on any atom is -0.449 e. The molecule has 0 aliphatic heterocycles. The highest BCUT2D eigenvalue weighted by molar-refractivity contribution is 7.91. The molecule has 0 radical (unpaired) electrons. The van der Waals surface area contributed by atoms with Crippen LogP contribution in [0, 0.1) is 0 Å². The van der Waals surface area contributed by atoms with Gasteiger partial charge in [-0.3, -0.25) is 4.72 Å². The third kappa shape index (κ3) is 5.89. The van der Waals surface area contributed by atoms with E-state index in [1.54, 1.807) is 29.8 Å². The van der Waals surface area contributed by atoms with E-state index in [1.165, 1.54) is 0 Å². The first-order chi connectivity index (χ1) is 9.46. The second-order valence-corrected chi connectivity index (χ2v) is 5.32. The Morgan fingerprint density at radius 1 is 1.30 bits per heavy atom. The number of benzene rings is 1. The van der Waals surface area contributed by atoms with Gasteiger partial charge in [0.25, 0.3) is 0 Å². The molecule has 3 N–H and O–H groups in total. The summed E-state index contributed by atoms with van der Waals surface area (Å²) in [4.78, 5) is 11.1. The Labute approximate surface area is 118 Å². The largest absolute Gasteiger partial charge is 0.449 e. The molecule has 20 heavy (non-hydrogen) atoms. The van der Waals surface area contributed by atoms with Crippen LogP contribution in [0.3, 0.4) is 0 Å². The molecule has 1 aromatic rings. The van der Waals surface area contributed by atoms with Gasteiger partial charge in [-0.15, -0.1) is 0 Å². The van der Waals surface area contributed by atoms with Crippen molar-refractivity contribution in [3.05, 3.63) is 29.8 Å². The van der Waals surface area contributed by atoms with Crippen molar-refractivity contribution >= 4 is 22.0 Å². The highest BCUT2D eigenvalue weighted by Crippen LogP contribution is 2.11. The van der Waals surface area contributed by atoms with Crippen LogP contribution in [0.25, 0.3) is 0 Å². The number of nitrogens with one attached hydrogen (secondary N) is 3. The van der Waals surface area contributed by atoms with Crippen LogP contribution in [0.5, 0.6) is 0 Å². The lowest BCUT2D eigenvalue weighted by Gasteiger charge is -2.10. The molecule has 1 amide bonds. The summed E-state index contributed by atoms with van der Waals surface area (Å²) in [5.74, 6) is 0. The first-order valence-corrected chi connectivity index (χ1v) is 7.72. The Hall–Kier alpha value is -1.80. The number of hydrogen-bond donors (Lipinski definition) is 3. The molecule has 0 unspecified atom stereocenters. The van der Waals surface area contributed by atoms with E-state index in [0.717, 1.165) is 12.1 Å². The summed E-state index contributed by atoms with van der Waals surface area (Å²) in [7, 11) is -3.99. The van der Waals surface area contributed by atoms with Crippen molar-refractivity contribution in [1.29, 1.82) is 0 Å². The van der Waals surface area contributed by atoms with Crippen LogP contribution < -0.4 is 14.8 Å². The Balaban J connectivity index is 2.69. The molecule has 0 heterocycles. The maximum atomic E-state index is 11.7. The van der Waals surface area contributed by atoms with Gasteiger partial charge < -0.3 is 10.1 Å². The molecule has 0 aromatic heterocycles. The summed E-state index contributed by atoms with van der Waals surface area (Å²) in [6, 6.07) is 6.89. The number of amides is 1. The summed E-state index contributed by atoms with van der Waals surface area (Å²) in [5, 5.41) is 3.14. The smallest absolute Gasteiger partial charge is 0.422 e. The molecule has 1 rings (SSSR count). The fourth-order valence-electron chi connectivity index (χ4n) is 1.47. The number of anilines is 1. The summed E-state index contributed by atoms with van der Waals surface area (Å²) in [6.07, 6.45) is -1.01. The van der Waals surface area contributed by atoms with E-state index in [4.69, 9.17) is 0 Å². The molecule has 0 aliphatic rings. The minimum absolute atomic E-state index is 0.0968. The van der Waals surface area contributed by atoms with Crippen molar-refractivity contribution in [3.63, 3.8) is 0 Å². The molecule has 8 heteroatoms. The topological polar surface area (TPSA) is 96.5 Å². The van der Waals surface area contributed by atoms with Crippen LogP contribution in [0.15, 0.2) is 24.3 Å². The lowest BCUT2D eigenvalue weighted by Crippen LogP contribution is -2.35. The second-order valence-electron chi connectivity index (χ2n) is 3.91. The molecular formula is C12H19N3O4S. The summed E-state index contributed by atoms with van der Waals surface area (Å²) in [5.41, 5.74) is 1.31. The lowest BCUT2D eigenvalue weighted by molar-refractivity contribution is 0.159. The minimum atomic E-state index is -3.99. The average molecular weight is 301 g/mol. The number of rotatable bonds is 7. The predicted molar refractivity (Wildman–Crippen MR) is 76.5 cm³/mol. The van der Waals surface area contributed by atoms with E-state index in [-0.39, 0.29) is 6.61 Å². The Morgan fingerprint density at radius 3 is 2.70 bits per heavy atom. The first-order valence-electron chi connectivity index (χ1n) is 6.23. The fourth-order valence-corrected chi connectivity index (χ4v) is 2.23. The average Bonchev–Trinajstić information content (AvgIpc) is 2.35. The molecular weight excluding hydrogens is 282 g/mol. The van der Waals surface area contributed by atoms with E-state index in [9.17, 15) is 13.2 Å². The molecule has 1 aromatic carbocycles. The maximum Gasteiger partial charge on any atom is 0.422 e. The van der Waals surface area contributed by atoms with Gasteiger partial charge in [0.15, 0.2) is 0 Å². The highest BCUT2D eigenvalue weighted by atomic mass is 32.2. The fraction of sp³-hybridized carbons (Fsp3) is 0.417. The monoisotopic (exact) mass is 301 g/mol. The quantitative estimate of drug-likeness (QED) is 0.703. The van der Waals surface area contributed by atoms with Crippen LogP contribution in [0.1, 0.15) is 19.4 Å². The Bertz CT molecular complexity index is 545. The summed E-state index contributed by atoms with van der Waals surface area (Å²) >= 11 is 0. The van der Waals surface area contributed by atoms with E-state index in [1.807, 2.05) is 13.0 Å². The third-order valence-corrected chi connectivity index (χ3v) is 3.19. The maximum absolute atomic E-state index is 11.7. The Kier molecular flexibility index (Phi) is 6.26. The van der Waals surface area contributed by atoms with Crippen molar-refractivity contribution in [3.8, 4) is 0 Å². The number of carbonyl (C=O) groups excluding carboxylic acids is 1.